The number of amides is 1. The van der Waals surface area contributed by atoms with Crippen molar-refractivity contribution in [3.05, 3.63) is 53.6 Å². The zero-order valence-electron chi connectivity index (χ0n) is 9.84. The summed E-state index contributed by atoms with van der Waals surface area (Å²) < 4.78 is 0. The lowest BCUT2D eigenvalue weighted by atomic mass is 10.1. The van der Waals surface area contributed by atoms with Gasteiger partial charge in [-0.05, 0) is 36.8 Å². The van der Waals surface area contributed by atoms with Gasteiger partial charge in [0.2, 0.25) is 0 Å². The van der Waals surface area contributed by atoms with E-state index in [-0.39, 0.29) is 17.4 Å². The van der Waals surface area contributed by atoms with Gasteiger partial charge in [0.15, 0.2) is 0 Å². The van der Waals surface area contributed by atoms with Gasteiger partial charge < -0.3 is 15.5 Å². The molecule has 0 saturated carbocycles. The smallest absolute Gasteiger partial charge is 0.255 e. The standard InChI is InChI=1S/C14H13NO3/c1-9-5-6-11(8-13(9)17)15-14(18)10-3-2-4-12(16)7-10/h2-8,16-17H,1H3,(H,15,18). The van der Waals surface area contributed by atoms with Crippen LogP contribution in [0.4, 0.5) is 5.69 Å². The van der Waals surface area contributed by atoms with E-state index in [1.54, 1.807) is 31.2 Å². The zero-order valence-corrected chi connectivity index (χ0v) is 9.84. The molecule has 0 unspecified atom stereocenters. The fourth-order valence-corrected chi connectivity index (χ4v) is 1.54. The summed E-state index contributed by atoms with van der Waals surface area (Å²) in [4.78, 5) is 11.9. The van der Waals surface area contributed by atoms with Crippen LogP contribution in [-0.2, 0) is 0 Å². The maximum Gasteiger partial charge on any atom is 0.255 e. The summed E-state index contributed by atoms with van der Waals surface area (Å²) >= 11 is 0. The molecule has 2 aromatic carbocycles. The van der Waals surface area contributed by atoms with Crippen molar-refractivity contribution in [2.45, 2.75) is 6.92 Å². The molecule has 0 saturated heterocycles. The summed E-state index contributed by atoms with van der Waals surface area (Å²) in [6.07, 6.45) is 0. The Labute approximate surface area is 105 Å². The monoisotopic (exact) mass is 243 g/mol. The Balaban J connectivity index is 2.18. The number of carbonyl (C=O) groups is 1. The molecular weight excluding hydrogens is 230 g/mol. The van der Waals surface area contributed by atoms with E-state index >= 15 is 0 Å². The Kier molecular flexibility index (Phi) is 3.19. The van der Waals surface area contributed by atoms with Crippen molar-refractivity contribution in [3.63, 3.8) is 0 Å². The number of phenols is 2. The number of hydrogen-bond donors (Lipinski definition) is 3. The van der Waals surface area contributed by atoms with E-state index in [4.69, 9.17) is 0 Å². The summed E-state index contributed by atoms with van der Waals surface area (Å²) in [6.45, 7) is 1.77. The molecule has 0 heterocycles. The zero-order chi connectivity index (χ0) is 13.1. The Bertz CT molecular complexity index is 593. The SMILES string of the molecule is Cc1ccc(NC(=O)c2cccc(O)c2)cc1O. The largest absolute Gasteiger partial charge is 0.508 e. The topological polar surface area (TPSA) is 69.6 Å². The molecule has 4 heteroatoms. The molecule has 1 amide bonds. The van der Waals surface area contributed by atoms with Crippen LogP contribution in [0.2, 0.25) is 0 Å². The van der Waals surface area contributed by atoms with Gasteiger partial charge in [-0.25, -0.2) is 0 Å². The highest BCUT2D eigenvalue weighted by Crippen LogP contribution is 2.21. The molecule has 0 aromatic heterocycles. The predicted octanol–water partition coefficient (Wildman–Crippen LogP) is 2.66. The molecule has 0 aliphatic rings. The molecule has 0 bridgehead atoms. The number of aromatic hydroxyl groups is 2. The van der Waals surface area contributed by atoms with E-state index in [1.165, 1.54) is 18.2 Å². The van der Waals surface area contributed by atoms with E-state index in [0.717, 1.165) is 5.56 Å². The van der Waals surface area contributed by atoms with Crippen molar-refractivity contribution < 1.29 is 15.0 Å². The minimum Gasteiger partial charge on any atom is -0.508 e. The number of phenolic OH excluding ortho intramolecular Hbond substituents is 2. The minimum atomic E-state index is -0.339. The number of aryl methyl sites for hydroxylation is 1. The van der Waals surface area contributed by atoms with Crippen molar-refractivity contribution in [3.8, 4) is 11.5 Å². The molecule has 3 N–H and O–H groups in total. The van der Waals surface area contributed by atoms with Gasteiger partial charge in [0, 0.05) is 17.3 Å². The summed E-state index contributed by atoms with van der Waals surface area (Å²) in [5, 5.41) is 21.5. The molecule has 0 atom stereocenters. The number of nitrogens with one attached hydrogen (secondary N) is 1. The third-order valence-corrected chi connectivity index (χ3v) is 2.58. The maximum atomic E-state index is 11.9. The summed E-state index contributed by atoms with van der Waals surface area (Å²) in [6, 6.07) is 11.0. The molecule has 2 rings (SSSR count). The quantitative estimate of drug-likeness (QED) is 0.759. The van der Waals surface area contributed by atoms with Crippen molar-refractivity contribution in [1.82, 2.24) is 0 Å². The number of benzene rings is 2. The second-order valence-corrected chi connectivity index (χ2v) is 4.01. The molecule has 0 fully saturated rings. The van der Waals surface area contributed by atoms with Crippen molar-refractivity contribution in [2.75, 3.05) is 5.32 Å². The Morgan fingerprint density at radius 3 is 2.56 bits per heavy atom. The van der Waals surface area contributed by atoms with Crippen LogP contribution in [0.5, 0.6) is 11.5 Å². The van der Waals surface area contributed by atoms with E-state index in [2.05, 4.69) is 5.32 Å². The predicted molar refractivity (Wildman–Crippen MR) is 68.9 cm³/mol. The van der Waals surface area contributed by atoms with Crippen LogP contribution in [0.1, 0.15) is 15.9 Å². The molecule has 2 aromatic rings. The highest BCUT2D eigenvalue weighted by atomic mass is 16.3. The Morgan fingerprint density at radius 2 is 1.89 bits per heavy atom. The lowest BCUT2D eigenvalue weighted by molar-refractivity contribution is 0.102. The van der Waals surface area contributed by atoms with Gasteiger partial charge in [-0.2, -0.15) is 0 Å². The van der Waals surface area contributed by atoms with Crippen molar-refractivity contribution in [1.29, 1.82) is 0 Å². The van der Waals surface area contributed by atoms with E-state index in [1.807, 2.05) is 0 Å². The van der Waals surface area contributed by atoms with Gasteiger partial charge in [0.1, 0.15) is 11.5 Å². The summed E-state index contributed by atoms with van der Waals surface area (Å²) in [7, 11) is 0. The van der Waals surface area contributed by atoms with Gasteiger partial charge in [0.05, 0.1) is 0 Å². The molecule has 0 aliphatic heterocycles. The number of carbonyl (C=O) groups excluding carboxylic acids is 1. The molecule has 92 valence electrons. The third kappa shape index (κ3) is 2.60. The van der Waals surface area contributed by atoms with Gasteiger partial charge in [-0.1, -0.05) is 12.1 Å². The number of rotatable bonds is 2. The van der Waals surface area contributed by atoms with E-state index in [9.17, 15) is 15.0 Å². The van der Waals surface area contributed by atoms with E-state index < -0.39 is 0 Å². The lowest BCUT2D eigenvalue weighted by Gasteiger charge is -2.07. The van der Waals surface area contributed by atoms with Crippen LogP contribution in [0.25, 0.3) is 0 Å². The molecular formula is C14H13NO3. The minimum absolute atomic E-state index is 0.0365. The van der Waals surface area contributed by atoms with Crippen LogP contribution >= 0.6 is 0 Å². The third-order valence-electron chi connectivity index (χ3n) is 2.58. The fourth-order valence-electron chi connectivity index (χ4n) is 1.54. The average molecular weight is 243 g/mol. The van der Waals surface area contributed by atoms with Gasteiger partial charge >= 0.3 is 0 Å². The molecule has 0 spiro atoms. The van der Waals surface area contributed by atoms with Crippen LogP contribution in [0.3, 0.4) is 0 Å². The van der Waals surface area contributed by atoms with Gasteiger partial charge in [-0.3, -0.25) is 4.79 Å². The normalized spacial score (nSPS) is 10.1. The first-order valence-corrected chi connectivity index (χ1v) is 5.46. The van der Waals surface area contributed by atoms with Gasteiger partial charge in [0.25, 0.3) is 5.91 Å². The molecule has 4 nitrogen and oxygen atoms in total. The molecule has 18 heavy (non-hydrogen) atoms. The first kappa shape index (κ1) is 12.0. The Hall–Kier alpha value is -2.49. The highest BCUT2D eigenvalue weighted by molar-refractivity contribution is 6.04. The van der Waals surface area contributed by atoms with Crippen LogP contribution in [-0.4, -0.2) is 16.1 Å². The first-order chi connectivity index (χ1) is 8.56. The summed E-state index contributed by atoms with van der Waals surface area (Å²) in [5.41, 5.74) is 1.60. The van der Waals surface area contributed by atoms with Crippen molar-refractivity contribution >= 4 is 11.6 Å². The number of anilines is 1. The average Bonchev–Trinajstić information content (AvgIpc) is 2.34. The second kappa shape index (κ2) is 4.79. The second-order valence-electron chi connectivity index (χ2n) is 4.01. The molecule has 0 radical (unpaired) electrons. The van der Waals surface area contributed by atoms with Crippen molar-refractivity contribution in [2.24, 2.45) is 0 Å². The molecule has 0 aliphatic carbocycles. The first-order valence-electron chi connectivity index (χ1n) is 5.46. The van der Waals surface area contributed by atoms with Crippen LogP contribution < -0.4 is 5.32 Å². The lowest BCUT2D eigenvalue weighted by Crippen LogP contribution is -2.11. The van der Waals surface area contributed by atoms with E-state index in [0.29, 0.717) is 11.3 Å². The fraction of sp³-hybridized carbons (Fsp3) is 0.0714. The van der Waals surface area contributed by atoms with Crippen LogP contribution in [0.15, 0.2) is 42.5 Å². The highest BCUT2D eigenvalue weighted by Gasteiger charge is 2.07. The maximum absolute atomic E-state index is 11.9. The van der Waals surface area contributed by atoms with Gasteiger partial charge in [-0.15, -0.1) is 0 Å². The number of hydrogen-bond acceptors (Lipinski definition) is 3. The van der Waals surface area contributed by atoms with Crippen LogP contribution in [0, 0.1) is 6.92 Å². The Morgan fingerprint density at radius 1 is 1.11 bits per heavy atom. The summed E-state index contributed by atoms with van der Waals surface area (Å²) in [5.74, 6) is -0.174.